The molecule has 5 heteroatoms. The lowest BCUT2D eigenvalue weighted by molar-refractivity contribution is 0.111. The molecule has 0 bridgehead atoms. The van der Waals surface area contributed by atoms with Gasteiger partial charge in [0.05, 0.1) is 17.1 Å². The lowest BCUT2D eigenvalue weighted by Crippen LogP contribution is -2.00. The molecule has 0 aliphatic heterocycles. The molecule has 3 nitrogen and oxygen atoms in total. The molecule has 0 unspecified atom stereocenters. The van der Waals surface area contributed by atoms with Crippen LogP contribution in [0.5, 0.6) is 11.5 Å². The van der Waals surface area contributed by atoms with Crippen LogP contribution in [-0.4, -0.2) is 13.4 Å². The molecule has 2 aromatic rings. The summed E-state index contributed by atoms with van der Waals surface area (Å²) >= 11 is 6.86. The van der Waals surface area contributed by atoms with Crippen LogP contribution in [0.25, 0.3) is 0 Å². The van der Waals surface area contributed by atoms with Crippen molar-refractivity contribution in [3.05, 3.63) is 56.5 Å². The average molecular weight is 400 g/mol. The number of rotatable bonds is 5. The fourth-order valence-electron chi connectivity index (χ4n) is 1.71. The highest BCUT2D eigenvalue weighted by atomic mass is 79.9. The standard InChI is InChI=1S/C15H12Br2O3/c1-19-12-5-6-13(16)11(7-12)9-20-15-10(8-18)3-2-4-14(15)17/h2-8H,9H2,1H3. The number of carbonyl (C=O) groups excluding carboxylic acids is 1. The fourth-order valence-corrected chi connectivity index (χ4v) is 2.57. The molecule has 0 saturated carbocycles. The minimum Gasteiger partial charge on any atom is -0.497 e. The minimum atomic E-state index is 0.335. The Morgan fingerprint density at radius 3 is 2.65 bits per heavy atom. The molecule has 0 spiro atoms. The van der Waals surface area contributed by atoms with E-state index < -0.39 is 0 Å². The van der Waals surface area contributed by atoms with E-state index in [4.69, 9.17) is 9.47 Å². The highest BCUT2D eigenvalue weighted by molar-refractivity contribution is 9.10. The molecule has 2 rings (SSSR count). The van der Waals surface area contributed by atoms with Crippen molar-refractivity contribution in [2.24, 2.45) is 0 Å². The van der Waals surface area contributed by atoms with Gasteiger partial charge in [0.25, 0.3) is 0 Å². The normalized spacial score (nSPS) is 10.2. The molecule has 0 atom stereocenters. The first kappa shape index (κ1) is 15.1. The molecule has 0 aliphatic rings. The number of halogens is 2. The number of carbonyl (C=O) groups is 1. The summed E-state index contributed by atoms with van der Waals surface area (Å²) in [7, 11) is 1.62. The van der Waals surface area contributed by atoms with Crippen molar-refractivity contribution in [2.45, 2.75) is 6.61 Å². The summed E-state index contributed by atoms with van der Waals surface area (Å²) in [5.74, 6) is 1.30. The van der Waals surface area contributed by atoms with Crippen LogP contribution in [0.2, 0.25) is 0 Å². The zero-order chi connectivity index (χ0) is 14.5. The van der Waals surface area contributed by atoms with E-state index in [0.29, 0.717) is 17.9 Å². The number of para-hydroxylation sites is 1. The first-order valence-electron chi connectivity index (χ1n) is 5.84. The molecule has 0 fully saturated rings. The third kappa shape index (κ3) is 3.41. The summed E-state index contributed by atoms with van der Waals surface area (Å²) in [6.07, 6.45) is 0.778. The van der Waals surface area contributed by atoms with E-state index in [2.05, 4.69) is 31.9 Å². The number of aldehydes is 1. The van der Waals surface area contributed by atoms with E-state index in [9.17, 15) is 4.79 Å². The summed E-state index contributed by atoms with van der Waals surface area (Å²) in [6.45, 7) is 0.335. The van der Waals surface area contributed by atoms with Gasteiger partial charge >= 0.3 is 0 Å². The Kier molecular flexibility index (Phi) is 5.20. The predicted molar refractivity (Wildman–Crippen MR) is 84.6 cm³/mol. The second-order valence-corrected chi connectivity index (χ2v) is 5.73. The molecule has 0 amide bonds. The van der Waals surface area contributed by atoms with E-state index in [1.807, 2.05) is 24.3 Å². The maximum atomic E-state index is 11.0. The van der Waals surface area contributed by atoms with Gasteiger partial charge in [-0.15, -0.1) is 0 Å². The van der Waals surface area contributed by atoms with E-state index in [1.54, 1.807) is 19.2 Å². The monoisotopic (exact) mass is 398 g/mol. The van der Waals surface area contributed by atoms with Crippen LogP contribution in [0.3, 0.4) is 0 Å². The minimum absolute atomic E-state index is 0.335. The predicted octanol–water partition coefficient (Wildman–Crippen LogP) is 4.61. The number of methoxy groups -OCH3 is 1. The van der Waals surface area contributed by atoms with Gasteiger partial charge in [-0.3, -0.25) is 4.79 Å². The van der Waals surface area contributed by atoms with Crippen LogP contribution < -0.4 is 9.47 Å². The topological polar surface area (TPSA) is 35.5 Å². The van der Waals surface area contributed by atoms with E-state index in [0.717, 1.165) is 26.5 Å². The largest absolute Gasteiger partial charge is 0.497 e. The van der Waals surface area contributed by atoms with Crippen molar-refractivity contribution in [1.29, 1.82) is 0 Å². The summed E-state index contributed by atoms with van der Waals surface area (Å²) in [6, 6.07) is 11.0. The average Bonchev–Trinajstić information content (AvgIpc) is 2.47. The van der Waals surface area contributed by atoms with Crippen LogP contribution in [0, 0.1) is 0 Å². The van der Waals surface area contributed by atoms with E-state index in [-0.39, 0.29) is 0 Å². The van der Waals surface area contributed by atoms with E-state index >= 15 is 0 Å². The Morgan fingerprint density at radius 1 is 1.15 bits per heavy atom. The van der Waals surface area contributed by atoms with Gasteiger partial charge < -0.3 is 9.47 Å². The van der Waals surface area contributed by atoms with Gasteiger partial charge in [0.15, 0.2) is 6.29 Å². The van der Waals surface area contributed by atoms with Crippen molar-refractivity contribution < 1.29 is 14.3 Å². The second kappa shape index (κ2) is 6.90. The summed E-state index contributed by atoms with van der Waals surface area (Å²) < 4.78 is 12.6. The highest BCUT2D eigenvalue weighted by Gasteiger charge is 2.09. The first-order valence-corrected chi connectivity index (χ1v) is 7.43. The molecule has 20 heavy (non-hydrogen) atoms. The molecular weight excluding hydrogens is 388 g/mol. The van der Waals surface area contributed by atoms with Gasteiger partial charge in [-0.2, -0.15) is 0 Å². The highest BCUT2D eigenvalue weighted by Crippen LogP contribution is 2.30. The molecule has 0 heterocycles. The van der Waals surface area contributed by atoms with Gasteiger partial charge in [-0.25, -0.2) is 0 Å². The van der Waals surface area contributed by atoms with Crippen molar-refractivity contribution in [1.82, 2.24) is 0 Å². The third-order valence-electron chi connectivity index (χ3n) is 2.75. The number of hydrogen-bond donors (Lipinski definition) is 0. The third-order valence-corrected chi connectivity index (χ3v) is 4.15. The lowest BCUT2D eigenvalue weighted by Gasteiger charge is -2.12. The van der Waals surface area contributed by atoms with Crippen molar-refractivity contribution in [2.75, 3.05) is 7.11 Å². The van der Waals surface area contributed by atoms with Gasteiger partial charge in [-0.1, -0.05) is 22.0 Å². The van der Waals surface area contributed by atoms with Crippen molar-refractivity contribution >= 4 is 38.1 Å². The zero-order valence-electron chi connectivity index (χ0n) is 10.7. The first-order chi connectivity index (χ1) is 9.65. The fraction of sp³-hybridized carbons (Fsp3) is 0.133. The van der Waals surface area contributed by atoms with Gasteiger partial charge in [0.1, 0.15) is 18.1 Å². The van der Waals surface area contributed by atoms with Crippen LogP contribution in [0.1, 0.15) is 15.9 Å². The second-order valence-electron chi connectivity index (χ2n) is 4.02. The lowest BCUT2D eigenvalue weighted by atomic mass is 10.2. The molecule has 0 N–H and O–H groups in total. The Hall–Kier alpha value is -1.33. The quantitative estimate of drug-likeness (QED) is 0.688. The SMILES string of the molecule is COc1ccc(Br)c(COc2c(Br)cccc2C=O)c1. The number of benzene rings is 2. The van der Waals surface area contributed by atoms with Crippen LogP contribution >= 0.6 is 31.9 Å². The summed E-state index contributed by atoms with van der Waals surface area (Å²) in [5.41, 5.74) is 1.45. The Labute approximate surface area is 134 Å². The van der Waals surface area contributed by atoms with Crippen LogP contribution in [0.15, 0.2) is 45.3 Å². The van der Waals surface area contributed by atoms with Gasteiger partial charge in [0.2, 0.25) is 0 Å². The van der Waals surface area contributed by atoms with Crippen molar-refractivity contribution in [3.63, 3.8) is 0 Å². The van der Waals surface area contributed by atoms with Crippen LogP contribution in [0.4, 0.5) is 0 Å². The van der Waals surface area contributed by atoms with Gasteiger partial charge in [-0.05, 0) is 46.3 Å². The maximum absolute atomic E-state index is 11.0. The smallest absolute Gasteiger partial charge is 0.153 e. The zero-order valence-corrected chi connectivity index (χ0v) is 13.9. The summed E-state index contributed by atoms with van der Waals surface area (Å²) in [5, 5.41) is 0. The number of hydrogen-bond acceptors (Lipinski definition) is 3. The maximum Gasteiger partial charge on any atom is 0.153 e. The Balaban J connectivity index is 2.23. The van der Waals surface area contributed by atoms with Crippen LogP contribution in [-0.2, 0) is 6.61 Å². The molecule has 0 aromatic heterocycles. The van der Waals surface area contributed by atoms with E-state index in [1.165, 1.54) is 0 Å². The molecule has 104 valence electrons. The molecular formula is C15H12Br2O3. The Morgan fingerprint density at radius 2 is 1.95 bits per heavy atom. The molecule has 0 saturated heterocycles. The van der Waals surface area contributed by atoms with Gasteiger partial charge in [0, 0.05) is 10.0 Å². The molecule has 0 radical (unpaired) electrons. The molecule has 2 aromatic carbocycles. The van der Waals surface area contributed by atoms with Crippen molar-refractivity contribution in [3.8, 4) is 11.5 Å². The summed E-state index contributed by atoms with van der Waals surface area (Å²) in [4.78, 5) is 11.0. The molecule has 0 aliphatic carbocycles. The Bertz CT molecular complexity index is 627. The number of ether oxygens (including phenoxy) is 2.